The minimum Gasteiger partial charge on any atom is -0.494 e. The summed E-state index contributed by atoms with van der Waals surface area (Å²) in [5.41, 5.74) is 7.61. The van der Waals surface area contributed by atoms with Crippen LogP contribution in [0.2, 0.25) is 0 Å². The zero-order valence-corrected chi connectivity index (χ0v) is 12.0. The molecule has 2 N–H and O–H groups in total. The molecule has 0 fully saturated rings. The van der Waals surface area contributed by atoms with Gasteiger partial charge in [-0.2, -0.15) is 0 Å². The highest BCUT2D eigenvalue weighted by molar-refractivity contribution is 5.88. The fraction of sp³-hybridized carbons (Fsp3) is 0.412. The van der Waals surface area contributed by atoms with Crippen LogP contribution in [0.25, 0.3) is 10.8 Å². The number of hydrogen-bond acceptors (Lipinski definition) is 2. The monoisotopic (exact) mass is 257 g/mol. The van der Waals surface area contributed by atoms with Crippen molar-refractivity contribution in [2.24, 2.45) is 11.7 Å². The van der Waals surface area contributed by atoms with Crippen molar-refractivity contribution in [3.8, 4) is 5.75 Å². The molecule has 0 spiro atoms. The molecule has 0 heterocycles. The van der Waals surface area contributed by atoms with E-state index in [1.54, 1.807) is 0 Å². The third-order valence-electron chi connectivity index (χ3n) is 3.82. The van der Waals surface area contributed by atoms with Gasteiger partial charge in [0.05, 0.1) is 6.61 Å². The van der Waals surface area contributed by atoms with E-state index in [-0.39, 0.29) is 6.04 Å². The van der Waals surface area contributed by atoms with Crippen LogP contribution >= 0.6 is 0 Å². The predicted molar refractivity (Wildman–Crippen MR) is 81.5 cm³/mol. The molecular weight excluding hydrogens is 234 g/mol. The van der Waals surface area contributed by atoms with Crippen molar-refractivity contribution in [2.75, 3.05) is 6.61 Å². The van der Waals surface area contributed by atoms with E-state index in [0.717, 1.165) is 17.7 Å². The Balaban J connectivity index is 2.61. The molecule has 2 rings (SSSR count). The van der Waals surface area contributed by atoms with E-state index in [1.165, 1.54) is 10.8 Å². The predicted octanol–water partition coefficient (Wildman–Crippen LogP) is 4.28. The molecule has 2 heteroatoms. The number of fused-ring (bicyclic) bond motifs is 1. The Morgan fingerprint density at radius 3 is 2.53 bits per heavy atom. The lowest BCUT2D eigenvalue weighted by molar-refractivity contribution is 0.329. The van der Waals surface area contributed by atoms with Crippen molar-refractivity contribution in [1.82, 2.24) is 0 Å². The van der Waals surface area contributed by atoms with Crippen molar-refractivity contribution in [1.29, 1.82) is 0 Å². The minimum atomic E-state index is 0.0117. The van der Waals surface area contributed by atoms with E-state index in [9.17, 15) is 0 Å². The third-order valence-corrected chi connectivity index (χ3v) is 3.82. The van der Waals surface area contributed by atoms with Gasteiger partial charge in [-0.05, 0) is 29.7 Å². The van der Waals surface area contributed by atoms with Crippen molar-refractivity contribution < 1.29 is 4.74 Å². The molecule has 0 aliphatic rings. The van der Waals surface area contributed by atoms with Gasteiger partial charge in [-0.1, -0.05) is 50.6 Å². The summed E-state index contributed by atoms with van der Waals surface area (Å²) in [6, 6.07) is 12.5. The van der Waals surface area contributed by atoms with Gasteiger partial charge in [0.25, 0.3) is 0 Å². The first kappa shape index (κ1) is 13.9. The lowest BCUT2D eigenvalue weighted by atomic mass is 9.89. The number of rotatable bonds is 5. The molecule has 2 aromatic rings. The molecule has 0 amide bonds. The lowest BCUT2D eigenvalue weighted by Gasteiger charge is -2.23. The van der Waals surface area contributed by atoms with Crippen LogP contribution in [0.4, 0.5) is 0 Å². The van der Waals surface area contributed by atoms with Crippen LogP contribution in [0.1, 0.15) is 38.8 Å². The maximum Gasteiger partial charge on any atom is 0.124 e. The van der Waals surface area contributed by atoms with Crippen LogP contribution in [0.3, 0.4) is 0 Å². The zero-order chi connectivity index (χ0) is 13.8. The molecule has 0 bridgehead atoms. The average Bonchev–Trinajstić information content (AvgIpc) is 2.45. The van der Waals surface area contributed by atoms with Crippen LogP contribution < -0.4 is 10.5 Å². The molecule has 2 aromatic carbocycles. The van der Waals surface area contributed by atoms with Crippen LogP contribution in [-0.4, -0.2) is 6.61 Å². The average molecular weight is 257 g/mol. The van der Waals surface area contributed by atoms with Gasteiger partial charge in [-0.25, -0.2) is 0 Å². The molecular formula is C17H23NO. The lowest BCUT2D eigenvalue weighted by Crippen LogP contribution is -2.20. The molecule has 1 unspecified atom stereocenters. The van der Waals surface area contributed by atoms with Crippen molar-refractivity contribution in [3.05, 3.63) is 42.0 Å². The highest BCUT2D eigenvalue weighted by atomic mass is 16.5. The summed E-state index contributed by atoms with van der Waals surface area (Å²) in [6.45, 7) is 7.05. The Morgan fingerprint density at radius 1 is 1.11 bits per heavy atom. The maximum absolute atomic E-state index is 6.47. The Kier molecular flexibility index (Phi) is 4.43. The summed E-state index contributed by atoms with van der Waals surface area (Å²) in [5.74, 6) is 1.36. The molecule has 0 radical (unpaired) electrons. The standard InChI is InChI=1S/C17H23NO/c1-4-12(3)17(18)16-14-9-7-6-8-13(14)10-11-15(16)19-5-2/h6-12,17H,4-5,18H2,1-3H3/t12?,17-/m1/s1. The first-order chi connectivity index (χ1) is 9.19. The van der Waals surface area contributed by atoms with E-state index in [2.05, 4.69) is 44.2 Å². The summed E-state index contributed by atoms with van der Waals surface area (Å²) in [4.78, 5) is 0. The molecule has 102 valence electrons. The maximum atomic E-state index is 6.47. The summed E-state index contributed by atoms with van der Waals surface area (Å²) in [5, 5.41) is 2.43. The molecule has 0 aliphatic carbocycles. The van der Waals surface area contributed by atoms with Crippen molar-refractivity contribution >= 4 is 10.8 Å². The first-order valence-corrected chi connectivity index (χ1v) is 7.09. The minimum absolute atomic E-state index is 0.0117. The first-order valence-electron chi connectivity index (χ1n) is 7.09. The molecule has 0 aliphatic heterocycles. The van der Waals surface area contributed by atoms with Gasteiger partial charge in [0, 0.05) is 11.6 Å². The van der Waals surface area contributed by atoms with Crippen molar-refractivity contribution in [2.45, 2.75) is 33.2 Å². The van der Waals surface area contributed by atoms with Crippen LogP contribution in [-0.2, 0) is 0 Å². The van der Waals surface area contributed by atoms with Gasteiger partial charge >= 0.3 is 0 Å². The van der Waals surface area contributed by atoms with Gasteiger partial charge < -0.3 is 10.5 Å². The smallest absolute Gasteiger partial charge is 0.124 e. The van der Waals surface area contributed by atoms with Gasteiger partial charge in [0.15, 0.2) is 0 Å². The van der Waals surface area contributed by atoms with E-state index >= 15 is 0 Å². The summed E-state index contributed by atoms with van der Waals surface area (Å²) >= 11 is 0. The Hall–Kier alpha value is -1.54. The number of ether oxygens (including phenoxy) is 1. The summed E-state index contributed by atoms with van der Waals surface area (Å²) < 4.78 is 5.78. The van der Waals surface area contributed by atoms with E-state index in [4.69, 9.17) is 10.5 Å². The van der Waals surface area contributed by atoms with E-state index in [0.29, 0.717) is 12.5 Å². The second-order valence-electron chi connectivity index (χ2n) is 5.04. The molecule has 0 saturated carbocycles. The van der Waals surface area contributed by atoms with Gasteiger partial charge in [-0.15, -0.1) is 0 Å². The second-order valence-corrected chi connectivity index (χ2v) is 5.04. The van der Waals surface area contributed by atoms with Crippen LogP contribution in [0, 0.1) is 5.92 Å². The largest absolute Gasteiger partial charge is 0.494 e. The topological polar surface area (TPSA) is 35.2 Å². The van der Waals surface area contributed by atoms with Gasteiger partial charge in [0.1, 0.15) is 5.75 Å². The Morgan fingerprint density at radius 2 is 1.84 bits per heavy atom. The second kappa shape index (κ2) is 6.07. The molecule has 2 atom stereocenters. The highest BCUT2D eigenvalue weighted by Gasteiger charge is 2.20. The third kappa shape index (κ3) is 2.74. The SMILES string of the molecule is CCOc1ccc2ccccc2c1[C@H](N)C(C)CC. The zero-order valence-electron chi connectivity index (χ0n) is 12.0. The molecule has 0 aromatic heterocycles. The fourth-order valence-electron chi connectivity index (χ4n) is 2.44. The summed E-state index contributed by atoms with van der Waals surface area (Å²) in [6.07, 6.45) is 1.07. The highest BCUT2D eigenvalue weighted by Crippen LogP contribution is 2.36. The fourth-order valence-corrected chi connectivity index (χ4v) is 2.44. The normalized spacial score (nSPS) is 14.3. The van der Waals surface area contributed by atoms with Gasteiger partial charge in [-0.3, -0.25) is 0 Å². The number of nitrogens with two attached hydrogens (primary N) is 1. The van der Waals surface area contributed by atoms with Crippen LogP contribution in [0.15, 0.2) is 36.4 Å². The van der Waals surface area contributed by atoms with Crippen LogP contribution in [0.5, 0.6) is 5.75 Å². The number of benzene rings is 2. The van der Waals surface area contributed by atoms with E-state index < -0.39 is 0 Å². The van der Waals surface area contributed by atoms with Gasteiger partial charge in [0.2, 0.25) is 0 Å². The Labute approximate surface area is 115 Å². The summed E-state index contributed by atoms with van der Waals surface area (Å²) in [7, 11) is 0. The molecule has 0 saturated heterocycles. The quantitative estimate of drug-likeness (QED) is 0.867. The molecule has 19 heavy (non-hydrogen) atoms. The molecule has 2 nitrogen and oxygen atoms in total. The van der Waals surface area contributed by atoms with Crippen molar-refractivity contribution in [3.63, 3.8) is 0 Å². The van der Waals surface area contributed by atoms with E-state index in [1.807, 2.05) is 13.0 Å². The Bertz CT molecular complexity index is 550. The number of hydrogen-bond donors (Lipinski definition) is 1.